The van der Waals surface area contributed by atoms with E-state index < -0.39 is 0 Å². The molecule has 0 bridgehead atoms. The summed E-state index contributed by atoms with van der Waals surface area (Å²) in [7, 11) is 0. The first-order chi connectivity index (χ1) is 15.7. The van der Waals surface area contributed by atoms with Crippen LogP contribution in [0.1, 0.15) is 0 Å². The smallest absolute Gasteiger partial charge is 0.237 e. The van der Waals surface area contributed by atoms with E-state index in [1.54, 1.807) is 24.2 Å². The van der Waals surface area contributed by atoms with E-state index in [0.717, 1.165) is 27.6 Å². The third-order valence-corrected chi connectivity index (χ3v) is 7.17. The van der Waals surface area contributed by atoms with Crippen LogP contribution in [0.25, 0.3) is 17.1 Å². The third-order valence-electron chi connectivity index (χ3n) is 4.98. The molecule has 0 unspecified atom stereocenters. The minimum atomic E-state index is 0.0179. The molecule has 2 aromatic heterocycles. The van der Waals surface area contributed by atoms with Crippen LogP contribution in [-0.2, 0) is 4.79 Å². The molecule has 5 rings (SSSR count). The standard InChI is InChI=1S/C23H18ClN5OS2/c24-17-8-9-20-19(13-17)28(11-12-31-20)21(30)15-32-23-27-26-22(16-5-4-10-25-14-16)29(23)18-6-2-1-3-7-18/h1-10,13-14H,11-12,15H2. The normalized spacial score (nSPS) is 13.1. The van der Waals surface area contributed by atoms with Crippen molar-refractivity contribution >= 4 is 46.7 Å². The van der Waals surface area contributed by atoms with Crippen LogP contribution >= 0.6 is 35.1 Å². The van der Waals surface area contributed by atoms with Gasteiger partial charge in [0.05, 0.1) is 11.4 Å². The highest BCUT2D eigenvalue weighted by Gasteiger charge is 2.25. The van der Waals surface area contributed by atoms with Gasteiger partial charge in [0.25, 0.3) is 0 Å². The summed E-state index contributed by atoms with van der Waals surface area (Å²) in [5, 5.41) is 10.1. The average Bonchev–Trinajstić information content (AvgIpc) is 3.27. The Morgan fingerprint density at radius 2 is 1.97 bits per heavy atom. The number of fused-ring (bicyclic) bond motifs is 1. The zero-order chi connectivity index (χ0) is 21.9. The van der Waals surface area contributed by atoms with Crippen LogP contribution < -0.4 is 4.90 Å². The molecule has 3 heterocycles. The number of halogens is 1. The zero-order valence-electron chi connectivity index (χ0n) is 16.9. The van der Waals surface area contributed by atoms with E-state index >= 15 is 0 Å². The zero-order valence-corrected chi connectivity index (χ0v) is 19.3. The van der Waals surface area contributed by atoms with Crippen molar-refractivity contribution in [2.75, 3.05) is 23.0 Å². The predicted molar refractivity (Wildman–Crippen MR) is 130 cm³/mol. The third kappa shape index (κ3) is 4.26. The molecule has 32 heavy (non-hydrogen) atoms. The summed E-state index contributed by atoms with van der Waals surface area (Å²) < 4.78 is 1.96. The molecule has 0 saturated carbocycles. The van der Waals surface area contributed by atoms with Crippen molar-refractivity contribution in [3.63, 3.8) is 0 Å². The maximum Gasteiger partial charge on any atom is 0.237 e. The Kier molecular flexibility index (Phi) is 6.16. The molecule has 4 aromatic rings. The second-order valence-corrected chi connectivity index (χ2v) is 9.53. The summed E-state index contributed by atoms with van der Waals surface area (Å²) in [6.07, 6.45) is 3.48. The Morgan fingerprint density at radius 3 is 2.78 bits per heavy atom. The maximum atomic E-state index is 13.2. The summed E-state index contributed by atoms with van der Waals surface area (Å²) >= 11 is 9.31. The molecule has 1 amide bonds. The highest BCUT2D eigenvalue weighted by molar-refractivity contribution is 8.00. The number of anilines is 1. The minimum Gasteiger partial charge on any atom is -0.310 e. The molecule has 0 aliphatic carbocycles. The van der Waals surface area contributed by atoms with Gasteiger partial charge in [-0.1, -0.05) is 41.6 Å². The number of benzene rings is 2. The number of para-hydroxylation sites is 1. The van der Waals surface area contributed by atoms with Gasteiger partial charge in [0.2, 0.25) is 5.91 Å². The number of thioether (sulfide) groups is 2. The largest absolute Gasteiger partial charge is 0.310 e. The van der Waals surface area contributed by atoms with E-state index in [1.807, 2.05) is 70.1 Å². The Hall–Kier alpha value is -2.81. The number of amides is 1. The van der Waals surface area contributed by atoms with E-state index in [9.17, 15) is 4.79 Å². The molecule has 6 nitrogen and oxygen atoms in total. The second kappa shape index (κ2) is 9.36. The first kappa shape index (κ1) is 21.1. The summed E-state index contributed by atoms with van der Waals surface area (Å²) in [5.41, 5.74) is 2.66. The Bertz CT molecular complexity index is 1250. The summed E-state index contributed by atoms with van der Waals surface area (Å²) in [6, 6.07) is 19.4. The molecule has 0 fully saturated rings. The van der Waals surface area contributed by atoms with Gasteiger partial charge in [-0.15, -0.1) is 22.0 Å². The minimum absolute atomic E-state index is 0.0179. The van der Waals surface area contributed by atoms with Gasteiger partial charge in [0.15, 0.2) is 11.0 Å². The van der Waals surface area contributed by atoms with Crippen LogP contribution in [0.3, 0.4) is 0 Å². The quantitative estimate of drug-likeness (QED) is 0.366. The second-order valence-electron chi connectivity index (χ2n) is 7.01. The first-order valence-electron chi connectivity index (χ1n) is 9.97. The van der Waals surface area contributed by atoms with Gasteiger partial charge in [-0.2, -0.15) is 0 Å². The highest BCUT2D eigenvalue weighted by atomic mass is 35.5. The number of aromatic nitrogens is 4. The fourth-order valence-electron chi connectivity index (χ4n) is 3.51. The number of carbonyl (C=O) groups is 1. The molecular weight excluding hydrogens is 462 g/mol. The van der Waals surface area contributed by atoms with Crippen molar-refractivity contribution in [3.05, 3.63) is 78.1 Å². The summed E-state index contributed by atoms with van der Waals surface area (Å²) in [4.78, 5) is 20.3. The van der Waals surface area contributed by atoms with Crippen molar-refractivity contribution in [3.8, 4) is 17.1 Å². The number of hydrogen-bond donors (Lipinski definition) is 0. The molecule has 0 spiro atoms. The lowest BCUT2D eigenvalue weighted by molar-refractivity contribution is -0.116. The van der Waals surface area contributed by atoms with Gasteiger partial charge in [-0.3, -0.25) is 14.3 Å². The van der Waals surface area contributed by atoms with Crippen LogP contribution in [0.2, 0.25) is 5.02 Å². The van der Waals surface area contributed by atoms with E-state index in [4.69, 9.17) is 11.6 Å². The van der Waals surface area contributed by atoms with Gasteiger partial charge in [-0.25, -0.2) is 0 Å². The molecule has 2 aromatic carbocycles. The van der Waals surface area contributed by atoms with Crippen LogP contribution in [0.5, 0.6) is 0 Å². The fourth-order valence-corrected chi connectivity index (χ4v) is 5.48. The first-order valence-corrected chi connectivity index (χ1v) is 12.3. The molecule has 0 radical (unpaired) electrons. The molecule has 1 aliphatic heterocycles. The van der Waals surface area contributed by atoms with Gasteiger partial charge in [-0.05, 0) is 42.5 Å². The number of pyridine rings is 1. The van der Waals surface area contributed by atoms with Crippen molar-refractivity contribution in [2.24, 2.45) is 0 Å². The van der Waals surface area contributed by atoms with Gasteiger partial charge >= 0.3 is 0 Å². The topological polar surface area (TPSA) is 63.9 Å². The van der Waals surface area contributed by atoms with Gasteiger partial charge in [0.1, 0.15) is 0 Å². The molecule has 0 atom stereocenters. The van der Waals surface area contributed by atoms with Crippen LogP contribution in [0, 0.1) is 0 Å². The lowest BCUT2D eigenvalue weighted by Gasteiger charge is -2.29. The van der Waals surface area contributed by atoms with Crippen LogP contribution in [0.15, 0.2) is 83.1 Å². The summed E-state index contributed by atoms with van der Waals surface area (Å²) in [6.45, 7) is 0.656. The predicted octanol–water partition coefficient (Wildman–Crippen LogP) is 5.21. The molecular formula is C23H18ClN5OS2. The van der Waals surface area contributed by atoms with E-state index in [1.165, 1.54) is 11.8 Å². The lowest BCUT2D eigenvalue weighted by Crippen LogP contribution is -2.36. The van der Waals surface area contributed by atoms with Crippen LogP contribution in [0.4, 0.5) is 5.69 Å². The summed E-state index contributed by atoms with van der Waals surface area (Å²) in [5.74, 6) is 1.81. The number of rotatable bonds is 5. The maximum absolute atomic E-state index is 13.2. The molecule has 160 valence electrons. The Morgan fingerprint density at radius 1 is 1.09 bits per heavy atom. The lowest BCUT2D eigenvalue weighted by atomic mass is 10.2. The van der Waals surface area contributed by atoms with Crippen molar-refractivity contribution in [1.29, 1.82) is 0 Å². The Balaban J connectivity index is 1.43. The van der Waals surface area contributed by atoms with E-state index in [2.05, 4.69) is 15.2 Å². The molecule has 0 saturated heterocycles. The molecule has 9 heteroatoms. The number of hydrogen-bond acceptors (Lipinski definition) is 6. The molecule has 1 aliphatic rings. The monoisotopic (exact) mass is 479 g/mol. The number of carbonyl (C=O) groups excluding carboxylic acids is 1. The molecule has 0 N–H and O–H groups in total. The number of nitrogens with zero attached hydrogens (tertiary/aromatic N) is 5. The van der Waals surface area contributed by atoms with Gasteiger partial charge < -0.3 is 4.90 Å². The van der Waals surface area contributed by atoms with Crippen molar-refractivity contribution < 1.29 is 4.79 Å². The van der Waals surface area contributed by atoms with E-state index in [-0.39, 0.29) is 11.7 Å². The van der Waals surface area contributed by atoms with Crippen LogP contribution in [-0.4, -0.2) is 43.7 Å². The van der Waals surface area contributed by atoms with Crippen molar-refractivity contribution in [1.82, 2.24) is 19.7 Å². The highest BCUT2D eigenvalue weighted by Crippen LogP contribution is 2.37. The van der Waals surface area contributed by atoms with E-state index in [0.29, 0.717) is 22.5 Å². The van der Waals surface area contributed by atoms with Crippen molar-refractivity contribution in [2.45, 2.75) is 10.1 Å². The Labute approximate surface area is 199 Å². The average molecular weight is 480 g/mol. The van der Waals surface area contributed by atoms with Gasteiger partial charge in [0, 0.05) is 45.9 Å². The fraction of sp³-hybridized carbons (Fsp3) is 0.130. The SMILES string of the molecule is O=C(CSc1nnc(-c2cccnc2)n1-c1ccccc1)N1CCSc2ccc(Cl)cc21.